The SMILES string of the molecule is Cc1c(CCC(=O)NCC(=O)[O-])c(=O)oc2cc3occ(-c4ccccc4)c3cc12. The van der Waals surface area contributed by atoms with E-state index < -0.39 is 24.0 Å². The first-order chi connectivity index (χ1) is 14.4. The number of carboxylic acid groups (broad SMARTS) is 1. The van der Waals surface area contributed by atoms with Gasteiger partial charge < -0.3 is 24.1 Å². The molecule has 4 rings (SSSR count). The van der Waals surface area contributed by atoms with Crippen LogP contribution in [0.2, 0.25) is 0 Å². The van der Waals surface area contributed by atoms with Crippen molar-refractivity contribution >= 4 is 33.8 Å². The van der Waals surface area contributed by atoms with Crippen molar-refractivity contribution in [3.05, 3.63) is 70.3 Å². The van der Waals surface area contributed by atoms with E-state index in [1.807, 2.05) is 43.3 Å². The van der Waals surface area contributed by atoms with E-state index in [-0.39, 0.29) is 12.8 Å². The molecule has 4 aromatic rings. The van der Waals surface area contributed by atoms with Crippen LogP contribution in [0.1, 0.15) is 17.5 Å². The van der Waals surface area contributed by atoms with Crippen LogP contribution in [0, 0.1) is 6.92 Å². The van der Waals surface area contributed by atoms with E-state index in [2.05, 4.69) is 5.32 Å². The van der Waals surface area contributed by atoms with Gasteiger partial charge in [0.05, 0.1) is 18.8 Å². The van der Waals surface area contributed by atoms with Crippen LogP contribution in [0.4, 0.5) is 0 Å². The second kappa shape index (κ2) is 7.87. The van der Waals surface area contributed by atoms with Gasteiger partial charge >= 0.3 is 5.63 Å². The highest BCUT2D eigenvalue weighted by Gasteiger charge is 2.16. The zero-order valence-corrected chi connectivity index (χ0v) is 16.2. The molecular weight excluding hydrogens is 386 g/mol. The Bertz CT molecular complexity index is 1320. The highest BCUT2D eigenvalue weighted by molar-refractivity contribution is 6.02. The number of nitrogens with one attached hydrogen (secondary N) is 1. The molecule has 2 aromatic heterocycles. The second-order valence-corrected chi connectivity index (χ2v) is 7.00. The van der Waals surface area contributed by atoms with E-state index >= 15 is 0 Å². The maximum Gasteiger partial charge on any atom is 0.339 e. The number of rotatable bonds is 6. The molecule has 2 aromatic carbocycles. The molecule has 152 valence electrons. The molecule has 0 saturated carbocycles. The fourth-order valence-corrected chi connectivity index (χ4v) is 3.54. The molecular formula is C23H18NO6-. The van der Waals surface area contributed by atoms with Crippen LogP contribution in [-0.4, -0.2) is 18.4 Å². The quantitative estimate of drug-likeness (QED) is 0.494. The molecule has 2 heterocycles. The van der Waals surface area contributed by atoms with Gasteiger partial charge in [-0.15, -0.1) is 0 Å². The molecule has 0 aliphatic heterocycles. The van der Waals surface area contributed by atoms with E-state index in [1.165, 1.54) is 0 Å². The van der Waals surface area contributed by atoms with Gasteiger partial charge in [-0.3, -0.25) is 4.79 Å². The van der Waals surface area contributed by atoms with Crippen LogP contribution in [0.25, 0.3) is 33.1 Å². The predicted octanol–water partition coefficient (Wildman–Crippen LogP) is 2.31. The van der Waals surface area contributed by atoms with Crippen molar-refractivity contribution in [1.82, 2.24) is 5.32 Å². The Labute approximate surface area is 170 Å². The number of carbonyl (C=O) groups is 2. The number of hydrogen-bond acceptors (Lipinski definition) is 6. The zero-order chi connectivity index (χ0) is 21.3. The lowest BCUT2D eigenvalue weighted by Gasteiger charge is -2.09. The topological polar surface area (TPSA) is 113 Å². The first-order valence-corrected chi connectivity index (χ1v) is 9.43. The van der Waals surface area contributed by atoms with E-state index in [0.29, 0.717) is 16.7 Å². The molecule has 0 bridgehead atoms. The largest absolute Gasteiger partial charge is 0.548 e. The van der Waals surface area contributed by atoms with E-state index in [0.717, 1.165) is 27.5 Å². The Morgan fingerprint density at radius 3 is 2.57 bits per heavy atom. The van der Waals surface area contributed by atoms with Crippen molar-refractivity contribution in [2.45, 2.75) is 19.8 Å². The Kier molecular flexibility index (Phi) is 5.10. The summed E-state index contributed by atoms with van der Waals surface area (Å²) in [5.74, 6) is -1.85. The average molecular weight is 404 g/mol. The van der Waals surface area contributed by atoms with Gasteiger partial charge in [-0.05, 0) is 30.5 Å². The first-order valence-electron chi connectivity index (χ1n) is 9.43. The number of aryl methyl sites for hydroxylation is 1. The van der Waals surface area contributed by atoms with Gasteiger partial charge in [-0.2, -0.15) is 0 Å². The lowest BCUT2D eigenvalue weighted by molar-refractivity contribution is -0.304. The lowest BCUT2D eigenvalue weighted by atomic mass is 9.99. The summed E-state index contributed by atoms with van der Waals surface area (Å²) in [6.07, 6.45) is 1.78. The van der Waals surface area contributed by atoms with Crippen molar-refractivity contribution in [3.8, 4) is 11.1 Å². The van der Waals surface area contributed by atoms with Crippen LogP contribution in [0.5, 0.6) is 0 Å². The summed E-state index contributed by atoms with van der Waals surface area (Å²) >= 11 is 0. The van der Waals surface area contributed by atoms with Gasteiger partial charge in [0.15, 0.2) is 0 Å². The van der Waals surface area contributed by atoms with Crippen molar-refractivity contribution in [2.24, 2.45) is 0 Å². The Morgan fingerprint density at radius 2 is 1.83 bits per heavy atom. The molecule has 0 aliphatic rings. The lowest BCUT2D eigenvalue weighted by Crippen LogP contribution is -2.37. The van der Waals surface area contributed by atoms with Crippen LogP contribution >= 0.6 is 0 Å². The monoisotopic (exact) mass is 404 g/mol. The fraction of sp³-hybridized carbons (Fsp3) is 0.174. The van der Waals surface area contributed by atoms with Gasteiger partial charge in [-0.1, -0.05) is 30.3 Å². The maximum absolute atomic E-state index is 12.5. The molecule has 0 saturated heterocycles. The van der Waals surface area contributed by atoms with Gasteiger partial charge in [0.1, 0.15) is 11.2 Å². The summed E-state index contributed by atoms with van der Waals surface area (Å²) in [4.78, 5) is 34.7. The third kappa shape index (κ3) is 3.69. The van der Waals surface area contributed by atoms with Crippen molar-refractivity contribution in [1.29, 1.82) is 0 Å². The van der Waals surface area contributed by atoms with Gasteiger partial charge in [0, 0.05) is 34.4 Å². The summed E-state index contributed by atoms with van der Waals surface area (Å²) in [5.41, 5.74) is 3.53. The molecule has 0 fully saturated rings. The predicted molar refractivity (Wildman–Crippen MR) is 109 cm³/mol. The van der Waals surface area contributed by atoms with Crippen LogP contribution in [0.3, 0.4) is 0 Å². The number of aliphatic carboxylic acids is 1. The smallest absolute Gasteiger partial charge is 0.339 e. The van der Waals surface area contributed by atoms with Crippen LogP contribution in [-0.2, 0) is 16.0 Å². The van der Waals surface area contributed by atoms with Crippen molar-refractivity contribution in [3.63, 3.8) is 0 Å². The molecule has 30 heavy (non-hydrogen) atoms. The molecule has 7 nitrogen and oxygen atoms in total. The number of benzene rings is 2. The van der Waals surface area contributed by atoms with E-state index in [1.54, 1.807) is 12.3 Å². The summed E-state index contributed by atoms with van der Waals surface area (Å²) in [7, 11) is 0. The van der Waals surface area contributed by atoms with Gasteiger partial charge in [-0.25, -0.2) is 4.79 Å². The Morgan fingerprint density at radius 1 is 1.07 bits per heavy atom. The number of furan rings is 1. The molecule has 0 aliphatic carbocycles. The number of hydrogen-bond donors (Lipinski definition) is 1. The number of amides is 1. The third-order valence-electron chi connectivity index (χ3n) is 5.10. The van der Waals surface area contributed by atoms with Crippen LogP contribution in [0.15, 0.2) is 62.4 Å². The molecule has 1 N–H and O–H groups in total. The minimum atomic E-state index is -1.37. The summed E-state index contributed by atoms with van der Waals surface area (Å²) in [5, 5.41) is 14.3. The minimum absolute atomic E-state index is 0.0341. The standard InChI is InChI=1S/C23H19NO6/c1-13-15(7-8-21(25)24-11-22(26)27)23(28)30-20-10-19-17(9-16(13)20)18(12-29-19)14-5-3-2-4-6-14/h2-6,9-10,12H,7-8,11H2,1H3,(H,24,25)(H,26,27)/p-1. The molecule has 0 spiro atoms. The molecule has 1 amide bonds. The number of fused-ring (bicyclic) bond motifs is 2. The second-order valence-electron chi connectivity index (χ2n) is 7.00. The molecule has 0 atom stereocenters. The Hall–Kier alpha value is -3.87. The average Bonchev–Trinajstić information content (AvgIpc) is 3.14. The summed E-state index contributed by atoms with van der Waals surface area (Å²) < 4.78 is 11.2. The molecule has 0 unspecified atom stereocenters. The van der Waals surface area contributed by atoms with Gasteiger partial charge in [0.25, 0.3) is 0 Å². The van der Waals surface area contributed by atoms with Crippen LogP contribution < -0.4 is 16.0 Å². The van der Waals surface area contributed by atoms with Crippen molar-refractivity contribution < 1.29 is 23.5 Å². The van der Waals surface area contributed by atoms with Crippen molar-refractivity contribution in [2.75, 3.05) is 6.54 Å². The van der Waals surface area contributed by atoms with Gasteiger partial charge in [0.2, 0.25) is 5.91 Å². The summed E-state index contributed by atoms with van der Waals surface area (Å²) in [6.45, 7) is 1.24. The Balaban J connectivity index is 1.73. The maximum atomic E-state index is 12.5. The normalized spacial score (nSPS) is 11.1. The number of carbonyl (C=O) groups excluding carboxylic acids is 2. The van der Waals surface area contributed by atoms with E-state index in [4.69, 9.17) is 8.83 Å². The summed E-state index contributed by atoms with van der Waals surface area (Å²) in [6, 6.07) is 13.4. The third-order valence-corrected chi connectivity index (χ3v) is 5.10. The highest BCUT2D eigenvalue weighted by Crippen LogP contribution is 2.34. The minimum Gasteiger partial charge on any atom is -0.548 e. The molecule has 0 radical (unpaired) electrons. The molecule has 7 heteroatoms. The number of carboxylic acids is 1. The zero-order valence-electron chi connectivity index (χ0n) is 16.2. The van der Waals surface area contributed by atoms with E-state index in [9.17, 15) is 19.5 Å². The highest BCUT2D eigenvalue weighted by atomic mass is 16.4. The fourth-order valence-electron chi connectivity index (χ4n) is 3.54. The first kappa shape index (κ1) is 19.4.